The Morgan fingerprint density at radius 3 is 2.35 bits per heavy atom. The zero-order valence-electron chi connectivity index (χ0n) is 13.6. The van der Waals surface area contributed by atoms with Gasteiger partial charge in [0.1, 0.15) is 0 Å². The predicted molar refractivity (Wildman–Crippen MR) is 88.2 cm³/mol. The monoisotopic (exact) mass is 360 g/mol. The van der Waals surface area contributed by atoms with Gasteiger partial charge in [0, 0.05) is 27.2 Å². The number of hydrogen-bond acceptors (Lipinski definition) is 4. The van der Waals surface area contributed by atoms with E-state index in [-0.39, 0.29) is 33.6 Å². The Hall–Kier alpha value is -1.15. The van der Waals surface area contributed by atoms with Crippen LogP contribution in [0.4, 0.5) is 0 Å². The highest BCUT2D eigenvalue weighted by molar-refractivity contribution is 7.89. The van der Waals surface area contributed by atoms with Gasteiger partial charge in [-0.1, -0.05) is 11.6 Å². The molecule has 0 spiro atoms. The number of ether oxygens (including phenoxy) is 1. The Labute approximate surface area is 142 Å². The second-order valence-corrected chi connectivity index (χ2v) is 8.46. The van der Waals surface area contributed by atoms with Gasteiger partial charge in [-0.15, -0.1) is 0 Å². The van der Waals surface area contributed by atoms with Crippen molar-refractivity contribution in [3.05, 3.63) is 28.8 Å². The number of amides is 1. The number of sulfonamides is 1. The molecule has 2 unspecified atom stereocenters. The van der Waals surface area contributed by atoms with Crippen molar-refractivity contribution in [3.63, 3.8) is 0 Å². The summed E-state index contributed by atoms with van der Waals surface area (Å²) in [6.45, 7) is 4.68. The molecule has 128 valence electrons. The number of benzene rings is 1. The third kappa shape index (κ3) is 3.85. The number of carbonyl (C=O) groups is 1. The van der Waals surface area contributed by atoms with Crippen LogP contribution in [-0.4, -0.2) is 62.9 Å². The number of halogens is 1. The lowest BCUT2D eigenvalue weighted by Crippen LogP contribution is -2.48. The number of carbonyl (C=O) groups excluding carboxylic acids is 1. The van der Waals surface area contributed by atoms with Gasteiger partial charge in [0.05, 0.1) is 27.7 Å². The van der Waals surface area contributed by atoms with E-state index in [0.29, 0.717) is 13.1 Å². The first-order chi connectivity index (χ1) is 10.6. The highest BCUT2D eigenvalue weighted by Crippen LogP contribution is 2.24. The molecule has 0 N–H and O–H groups in total. The summed E-state index contributed by atoms with van der Waals surface area (Å²) in [7, 11) is -0.740. The summed E-state index contributed by atoms with van der Waals surface area (Å²) >= 11 is 6.13. The van der Waals surface area contributed by atoms with Crippen molar-refractivity contribution >= 4 is 27.5 Å². The fourth-order valence-electron chi connectivity index (χ4n) is 2.55. The predicted octanol–water partition coefficient (Wildman–Crippen LogP) is 1.84. The first kappa shape index (κ1) is 18.2. The Morgan fingerprint density at radius 2 is 1.83 bits per heavy atom. The highest BCUT2D eigenvalue weighted by Gasteiger charge is 2.29. The van der Waals surface area contributed by atoms with E-state index in [1.807, 2.05) is 13.8 Å². The highest BCUT2D eigenvalue weighted by atomic mass is 35.5. The van der Waals surface area contributed by atoms with Crippen LogP contribution in [0.5, 0.6) is 0 Å². The van der Waals surface area contributed by atoms with E-state index >= 15 is 0 Å². The minimum absolute atomic E-state index is 0.0459. The Balaban J connectivity index is 2.37. The Morgan fingerprint density at radius 1 is 1.26 bits per heavy atom. The van der Waals surface area contributed by atoms with E-state index in [1.54, 1.807) is 4.90 Å². The van der Waals surface area contributed by atoms with E-state index in [2.05, 4.69) is 0 Å². The molecule has 0 saturated carbocycles. The molecule has 1 amide bonds. The lowest BCUT2D eigenvalue weighted by atomic mass is 10.1. The van der Waals surface area contributed by atoms with Crippen LogP contribution in [0.2, 0.25) is 5.02 Å². The second kappa shape index (κ2) is 6.76. The molecular formula is C15H21ClN2O4S. The third-order valence-corrected chi connectivity index (χ3v) is 5.79. The summed E-state index contributed by atoms with van der Waals surface area (Å²) in [5.74, 6) is -0.284. The SMILES string of the molecule is CC1CN(C(=O)c2cc(S(=O)(=O)N(C)C)ccc2Cl)CC(C)O1. The summed E-state index contributed by atoms with van der Waals surface area (Å²) in [4.78, 5) is 14.4. The summed E-state index contributed by atoms with van der Waals surface area (Å²) < 4.78 is 31.2. The van der Waals surface area contributed by atoms with Crippen molar-refractivity contribution in [3.8, 4) is 0 Å². The first-order valence-electron chi connectivity index (χ1n) is 7.29. The summed E-state index contributed by atoms with van der Waals surface area (Å²) in [5, 5.41) is 0.236. The zero-order chi connectivity index (χ0) is 17.4. The fraction of sp³-hybridized carbons (Fsp3) is 0.533. The average molecular weight is 361 g/mol. The third-order valence-electron chi connectivity index (χ3n) is 3.65. The number of hydrogen-bond donors (Lipinski definition) is 0. The van der Waals surface area contributed by atoms with Gasteiger partial charge in [-0.05, 0) is 32.0 Å². The van der Waals surface area contributed by atoms with E-state index < -0.39 is 10.0 Å². The van der Waals surface area contributed by atoms with E-state index in [9.17, 15) is 13.2 Å². The van der Waals surface area contributed by atoms with E-state index in [0.717, 1.165) is 4.31 Å². The molecule has 6 nitrogen and oxygen atoms in total. The lowest BCUT2D eigenvalue weighted by Gasteiger charge is -2.35. The molecule has 1 heterocycles. The van der Waals surface area contributed by atoms with Crippen LogP contribution in [-0.2, 0) is 14.8 Å². The van der Waals surface area contributed by atoms with E-state index in [1.165, 1.54) is 32.3 Å². The molecule has 1 aliphatic heterocycles. The van der Waals surface area contributed by atoms with Crippen molar-refractivity contribution in [2.75, 3.05) is 27.2 Å². The molecule has 0 radical (unpaired) electrons. The van der Waals surface area contributed by atoms with Crippen LogP contribution in [0.1, 0.15) is 24.2 Å². The van der Waals surface area contributed by atoms with Crippen molar-refractivity contribution < 1.29 is 17.9 Å². The largest absolute Gasteiger partial charge is 0.372 e. The number of rotatable bonds is 3. The van der Waals surface area contributed by atoms with Gasteiger partial charge in [-0.3, -0.25) is 4.79 Å². The van der Waals surface area contributed by atoms with Crippen LogP contribution in [0, 0.1) is 0 Å². The van der Waals surface area contributed by atoms with Gasteiger partial charge >= 0.3 is 0 Å². The normalized spacial score (nSPS) is 22.4. The van der Waals surface area contributed by atoms with E-state index in [4.69, 9.17) is 16.3 Å². The van der Waals surface area contributed by atoms with Crippen molar-refractivity contribution in [2.45, 2.75) is 31.0 Å². The van der Waals surface area contributed by atoms with Crippen LogP contribution in [0.15, 0.2) is 23.1 Å². The van der Waals surface area contributed by atoms with Gasteiger partial charge in [-0.2, -0.15) is 0 Å². The van der Waals surface area contributed by atoms with Gasteiger partial charge in [0.2, 0.25) is 10.0 Å². The smallest absolute Gasteiger partial charge is 0.255 e. The average Bonchev–Trinajstić information content (AvgIpc) is 2.45. The molecule has 0 aliphatic carbocycles. The molecular weight excluding hydrogens is 340 g/mol. The zero-order valence-corrected chi connectivity index (χ0v) is 15.2. The lowest BCUT2D eigenvalue weighted by molar-refractivity contribution is -0.0586. The summed E-state index contributed by atoms with van der Waals surface area (Å²) in [6.07, 6.45) is -0.148. The van der Waals surface area contributed by atoms with Gasteiger partial charge in [-0.25, -0.2) is 12.7 Å². The molecule has 8 heteroatoms. The molecule has 0 aromatic heterocycles. The van der Waals surface area contributed by atoms with Crippen molar-refractivity contribution in [1.29, 1.82) is 0 Å². The molecule has 1 fully saturated rings. The second-order valence-electron chi connectivity index (χ2n) is 5.90. The molecule has 1 aliphatic rings. The Kier molecular flexibility index (Phi) is 5.35. The fourth-order valence-corrected chi connectivity index (χ4v) is 3.68. The maximum absolute atomic E-state index is 12.7. The standard InChI is InChI=1S/C15H21ClN2O4S/c1-10-8-18(9-11(2)22-10)15(19)13-7-12(5-6-14(13)16)23(20,21)17(3)4/h5-7,10-11H,8-9H2,1-4H3. The van der Waals surface area contributed by atoms with Crippen molar-refractivity contribution in [2.24, 2.45) is 0 Å². The molecule has 2 rings (SSSR count). The minimum Gasteiger partial charge on any atom is -0.372 e. The van der Waals surface area contributed by atoms with Crippen LogP contribution in [0.25, 0.3) is 0 Å². The molecule has 2 atom stereocenters. The van der Waals surface area contributed by atoms with Crippen LogP contribution >= 0.6 is 11.6 Å². The maximum Gasteiger partial charge on any atom is 0.255 e. The van der Waals surface area contributed by atoms with Crippen molar-refractivity contribution in [1.82, 2.24) is 9.21 Å². The molecule has 1 aromatic rings. The number of morpholine rings is 1. The number of nitrogens with zero attached hydrogens (tertiary/aromatic N) is 2. The van der Waals surface area contributed by atoms with Gasteiger partial charge < -0.3 is 9.64 Å². The van der Waals surface area contributed by atoms with Gasteiger partial charge in [0.15, 0.2) is 0 Å². The quantitative estimate of drug-likeness (QED) is 0.824. The van der Waals surface area contributed by atoms with Crippen LogP contribution in [0.3, 0.4) is 0 Å². The minimum atomic E-state index is -3.62. The maximum atomic E-state index is 12.7. The first-order valence-corrected chi connectivity index (χ1v) is 9.11. The summed E-state index contributed by atoms with van der Waals surface area (Å²) in [6, 6.07) is 4.18. The Bertz CT molecular complexity index is 695. The summed E-state index contributed by atoms with van der Waals surface area (Å²) in [5.41, 5.74) is 0.191. The molecule has 23 heavy (non-hydrogen) atoms. The van der Waals surface area contributed by atoms with Gasteiger partial charge in [0.25, 0.3) is 5.91 Å². The molecule has 0 bridgehead atoms. The topological polar surface area (TPSA) is 66.9 Å². The molecule has 1 saturated heterocycles. The van der Waals surface area contributed by atoms with Crippen LogP contribution < -0.4 is 0 Å². The molecule has 1 aromatic carbocycles.